The first-order valence-corrected chi connectivity index (χ1v) is 7.91. The lowest BCUT2D eigenvalue weighted by Gasteiger charge is -2.33. The van der Waals surface area contributed by atoms with Crippen molar-refractivity contribution < 1.29 is 5.11 Å². The van der Waals surface area contributed by atoms with E-state index >= 15 is 0 Å². The first-order chi connectivity index (χ1) is 8.09. The summed E-state index contributed by atoms with van der Waals surface area (Å²) < 4.78 is 1.16. The van der Waals surface area contributed by atoms with Crippen LogP contribution in [-0.4, -0.2) is 17.3 Å². The van der Waals surface area contributed by atoms with Gasteiger partial charge in [0.2, 0.25) is 0 Å². The average Bonchev–Trinajstić information content (AvgIpc) is 2.74. The Kier molecular flexibility index (Phi) is 4.64. The monoisotopic (exact) mass is 317 g/mol. The van der Waals surface area contributed by atoms with Gasteiger partial charge in [-0.2, -0.15) is 0 Å². The number of aliphatic hydroxyl groups is 1. The summed E-state index contributed by atoms with van der Waals surface area (Å²) in [5, 5.41) is 13.9. The molecule has 1 atom stereocenters. The number of rotatable bonds is 4. The maximum absolute atomic E-state index is 10.4. The topological polar surface area (TPSA) is 32.3 Å². The third-order valence-electron chi connectivity index (χ3n) is 3.54. The molecule has 0 amide bonds. The van der Waals surface area contributed by atoms with Gasteiger partial charge < -0.3 is 10.4 Å². The zero-order valence-electron chi connectivity index (χ0n) is 10.2. The summed E-state index contributed by atoms with van der Waals surface area (Å²) in [5.74, 6) is 0. The Bertz CT molecular complexity index is 360. The van der Waals surface area contributed by atoms with Gasteiger partial charge in [0.15, 0.2) is 0 Å². The summed E-state index contributed by atoms with van der Waals surface area (Å²) in [6.07, 6.45) is 5.49. The van der Waals surface area contributed by atoms with Crippen molar-refractivity contribution in [1.29, 1.82) is 0 Å². The second-order valence-corrected chi connectivity index (χ2v) is 7.52. The molecular weight excluding hydrogens is 298 g/mol. The van der Waals surface area contributed by atoms with Crippen molar-refractivity contribution in [3.05, 3.63) is 20.8 Å². The van der Waals surface area contributed by atoms with Gasteiger partial charge in [-0.15, -0.1) is 11.3 Å². The standard InChI is InChI=1S/C13H20BrNOS/c1-10(11-5-6-12(14)17-11)15-9-13(16)7-3-2-4-8-13/h5-6,10,15-16H,2-4,7-9H2,1H3. The van der Waals surface area contributed by atoms with E-state index in [-0.39, 0.29) is 0 Å². The molecule has 0 radical (unpaired) electrons. The third kappa shape index (κ3) is 3.78. The first kappa shape index (κ1) is 13.5. The quantitative estimate of drug-likeness (QED) is 0.883. The normalized spacial score (nSPS) is 21.4. The number of hydrogen-bond acceptors (Lipinski definition) is 3. The number of thiophene rings is 1. The van der Waals surface area contributed by atoms with Crippen LogP contribution in [0.5, 0.6) is 0 Å². The smallest absolute Gasteiger partial charge is 0.0771 e. The molecule has 96 valence electrons. The van der Waals surface area contributed by atoms with Gasteiger partial charge in [0.25, 0.3) is 0 Å². The van der Waals surface area contributed by atoms with Crippen LogP contribution < -0.4 is 5.32 Å². The average molecular weight is 318 g/mol. The molecule has 0 spiro atoms. The number of halogens is 1. The molecule has 0 bridgehead atoms. The Morgan fingerprint density at radius 1 is 1.41 bits per heavy atom. The van der Waals surface area contributed by atoms with Crippen LogP contribution in [0.3, 0.4) is 0 Å². The molecule has 0 saturated heterocycles. The summed E-state index contributed by atoms with van der Waals surface area (Å²) in [6.45, 7) is 2.87. The van der Waals surface area contributed by atoms with E-state index in [1.807, 2.05) is 0 Å². The second kappa shape index (κ2) is 5.83. The fourth-order valence-corrected chi connectivity index (χ4v) is 3.84. The van der Waals surface area contributed by atoms with E-state index < -0.39 is 5.60 Å². The maximum Gasteiger partial charge on any atom is 0.0771 e. The zero-order valence-corrected chi connectivity index (χ0v) is 12.6. The largest absolute Gasteiger partial charge is 0.389 e. The van der Waals surface area contributed by atoms with E-state index in [1.165, 1.54) is 11.3 Å². The minimum absolute atomic E-state index is 0.317. The van der Waals surface area contributed by atoms with Crippen molar-refractivity contribution >= 4 is 27.3 Å². The summed E-state index contributed by atoms with van der Waals surface area (Å²) in [6, 6.07) is 4.53. The van der Waals surface area contributed by atoms with Crippen LogP contribution in [0.25, 0.3) is 0 Å². The fraction of sp³-hybridized carbons (Fsp3) is 0.692. The van der Waals surface area contributed by atoms with Crippen LogP contribution in [0.2, 0.25) is 0 Å². The lowest BCUT2D eigenvalue weighted by atomic mass is 9.85. The molecule has 1 heterocycles. The Balaban J connectivity index is 1.85. The minimum atomic E-state index is -0.471. The van der Waals surface area contributed by atoms with Gasteiger partial charge >= 0.3 is 0 Å². The van der Waals surface area contributed by atoms with Crippen LogP contribution in [0.15, 0.2) is 15.9 Å². The van der Waals surface area contributed by atoms with Gasteiger partial charge in [-0.1, -0.05) is 19.3 Å². The Hall–Kier alpha value is 0.1000. The Morgan fingerprint density at radius 2 is 2.12 bits per heavy atom. The SMILES string of the molecule is CC(NCC1(O)CCCCC1)c1ccc(Br)s1. The van der Waals surface area contributed by atoms with E-state index in [0.29, 0.717) is 12.6 Å². The molecule has 1 aliphatic carbocycles. The highest BCUT2D eigenvalue weighted by atomic mass is 79.9. The van der Waals surface area contributed by atoms with Crippen molar-refractivity contribution in [3.8, 4) is 0 Å². The highest BCUT2D eigenvalue weighted by molar-refractivity contribution is 9.11. The molecule has 17 heavy (non-hydrogen) atoms. The van der Waals surface area contributed by atoms with Gasteiger partial charge in [-0.05, 0) is 47.8 Å². The Morgan fingerprint density at radius 3 is 2.71 bits per heavy atom. The van der Waals surface area contributed by atoms with Gasteiger partial charge in [0, 0.05) is 17.5 Å². The highest BCUT2D eigenvalue weighted by Crippen LogP contribution is 2.30. The van der Waals surface area contributed by atoms with Gasteiger partial charge in [0.1, 0.15) is 0 Å². The molecule has 1 unspecified atom stereocenters. The molecule has 2 N–H and O–H groups in total. The van der Waals surface area contributed by atoms with Crippen molar-refractivity contribution in [2.24, 2.45) is 0 Å². The van der Waals surface area contributed by atoms with Crippen molar-refractivity contribution in [1.82, 2.24) is 5.32 Å². The van der Waals surface area contributed by atoms with Crippen LogP contribution >= 0.6 is 27.3 Å². The fourth-order valence-electron chi connectivity index (χ4n) is 2.39. The van der Waals surface area contributed by atoms with Crippen LogP contribution in [0.4, 0.5) is 0 Å². The molecule has 1 saturated carbocycles. The Labute approximate surface area is 116 Å². The molecule has 1 aromatic heterocycles. The van der Waals surface area contributed by atoms with Crippen molar-refractivity contribution in [2.45, 2.75) is 50.7 Å². The van der Waals surface area contributed by atoms with Crippen molar-refractivity contribution in [2.75, 3.05) is 6.54 Å². The second-order valence-electron chi connectivity index (χ2n) is 5.03. The maximum atomic E-state index is 10.4. The molecule has 0 aromatic carbocycles. The molecule has 1 aromatic rings. The first-order valence-electron chi connectivity index (χ1n) is 6.30. The summed E-state index contributed by atoms with van der Waals surface area (Å²) in [7, 11) is 0. The summed E-state index contributed by atoms with van der Waals surface area (Å²) in [5.41, 5.74) is -0.471. The number of hydrogen-bond donors (Lipinski definition) is 2. The van der Waals surface area contributed by atoms with E-state index in [2.05, 4.69) is 40.3 Å². The third-order valence-corrected chi connectivity index (χ3v) is 5.35. The van der Waals surface area contributed by atoms with Gasteiger partial charge in [-0.3, -0.25) is 0 Å². The van der Waals surface area contributed by atoms with Crippen molar-refractivity contribution in [3.63, 3.8) is 0 Å². The molecular formula is C13H20BrNOS. The predicted octanol–water partition coefficient (Wildman–Crippen LogP) is 3.86. The predicted molar refractivity (Wildman–Crippen MR) is 76.5 cm³/mol. The molecule has 1 fully saturated rings. The summed E-state index contributed by atoms with van der Waals surface area (Å²) >= 11 is 5.23. The minimum Gasteiger partial charge on any atom is -0.389 e. The van der Waals surface area contributed by atoms with Crippen LogP contribution in [0.1, 0.15) is 49.9 Å². The van der Waals surface area contributed by atoms with E-state index in [4.69, 9.17) is 0 Å². The lowest BCUT2D eigenvalue weighted by Crippen LogP contribution is -2.42. The van der Waals surface area contributed by atoms with Crippen LogP contribution in [0, 0.1) is 0 Å². The molecule has 1 aliphatic rings. The molecule has 0 aliphatic heterocycles. The highest BCUT2D eigenvalue weighted by Gasteiger charge is 2.29. The summed E-state index contributed by atoms with van der Waals surface area (Å²) in [4.78, 5) is 1.32. The van der Waals surface area contributed by atoms with Crippen LogP contribution in [-0.2, 0) is 0 Å². The molecule has 2 nitrogen and oxygen atoms in total. The van der Waals surface area contributed by atoms with E-state index in [9.17, 15) is 5.11 Å². The van der Waals surface area contributed by atoms with Gasteiger partial charge in [0.05, 0.1) is 9.39 Å². The van der Waals surface area contributed by atoms with Gasteiger partial charge in [-0.25, -0.2) is 0 Å². The molecule has 2 rings (SSSR count). The van der Waals surface area contributed by atoms with E-state index in [0.717, 1.165) is 29.5 Å². The van der Waals surface area contributed by atoms with E-state index in [1.54, 1.807) is 11.3 Å². The lowest BCUT2D eigenvalue weighted by molar-refractivity contribution is 0.00308. The number of nitrogens with one attached hydrogen (secondary N) is 1. The molecule has 4 heteroatoms. The zero-order chi connectivity index (χ0) is 12.3.